The van der Waals surface area contributed by atoms with E-state index in [0.29, 0.717) is 20.8 Å². The zero-order valence-electron chi connectivity index (χ0n) is 6.37. The van der Waals surface area contributed by atoms with Crippen LogP contribution in [0, 0.1) is 6.92 Å². The molecule has 0 aliphatic carbocycles. The molecular weight excluding hydrogens is 216 g/mol. The summed E-state index contributed by atoms with van der Waals surface area (Å²) < 4.78 is 0. The van der Waals surface area contributed by atoms with E-state index < -0.39 is 0 Å². The fourth-order valence-electron chi connectivity index (χ4n) is 0.839. The minimum Gasteiger partial charge on any atom is -0.241 e. The van der Waals surface area contributed by atoms with Gasteiger partial charge in [0, 0.05) is 16.3 Å². The van der Waals surface area contributed by atoms with Gasteiger partial charge in [0.1, 0.15) is 5.15 Å². The van der Waals surface area contributed by atoms with Gasteiger partial charge in [-0.15, -0.1) is 0 Å². The van der Waals surface area contributed by atoms with Crippen LogP contribution in [0.4, 0.5) is 0 Å². The molecule has 0 spiro atoms. The molecule has 64 valence electrons. The number of aryl methyl sites for hydroxylation is 1. The second kappa shape index (κ2) is 3.65. The lowest BCUT2D eigenvalue weighted by Crippen LogP contribution is -1.88. The molecule has 0 aromatic carbocycles. The van der Waals surface area contributed by atoms with Crippen molar-refractivity contribution in [3.63, 3.8) is 0 Å². The van der Waals surface area contributed by atoms with Crippen molar-refractivity contribution in [3.05, 3.63) is 34.1 Å². The zero-order valence-corrected chi connectivity index (χ0v) is 8.63. The van der Waals surface area contributed by atoms with Gasteiger partial charge in [0.15, 0.2) is 0 Å². The predicted octanol–water partition coefficient (Wildman–Crippen LogP) is 3.91. The first kappa shape index (κ1) is 9.85. The molecule has 0 saturated heterocycles. The number of aromatic nitrogens is 1. The molecule has 0 N–H and O–H groups in total. The fourth-order valence-corrected chi connectivity index (χ4v) is 1.89. The fraction of sp³-hybridized carbons (Fsp3) is 0.125. The summed E-state index contributed by atoms with van der Waals surface area (Å²) in [4.78, 5) is 3.99. The molecule has 1 rings (SSSR count). The van der Waals surface area contributed by atoms with Crippen LogP contribution in [0.2, 0.25) is 10.2 Å². The largest absolute Gasteiger partial charge is 0.241 e. The summed E-state index contributed by atoms with van der Waals surface area (Å²) in [6, 6.07) is 1.69. The molecule has 4 heteroatoms. The summed E-state index contributed by atoms with van der Waals surface area (Å²) in [5.41, 5.74) is 1.26. The van der Waals surface area contributed by atoms with E-state index in [1.807, 2.05) is 0 Å². The van der Waals surface area contributed by atoms with Crippen molar-refractivity contribution in [2.45, 2.75) is 6.92 Å². The minimum atomic E-state index is 0.292. The van der Waals surface area contributed by atoms with Crippen LogP contribution in [0.25, 0.3) is 5.03 Å². The van der Waals surface area contributed by atoms with Crippen LogP contribution in [-0.2, 0) is 0 Å². The smallest absolute Gasteiger partial charge is 0.139 e. The number of halogens is 3. The highest BCUT2D eigenvalue weighted by Crippen LogP contribution is 2.31. The van der Waals surface area contributed by atoms with E-state index in [9.17, 15) is 0 Å². The van der Waals surface area contributed by atoms with Crippen LogP contribution >= 0.6 is 34.8 Å². The van der Waals surface area contributed by atoms with Crippen molar-refractivity contribution in [1.29, 1.82) is 0 Å². The second-order valence-electron chi connectivity index (χ2n) is 2.32. The van der Waals surface area contributed by atoms with Gasteiger partial charge in [0.05, 0.1) is 5.02 Å². The Hall–Kier alpha value is -0.240. The summed E-state index contributed by atoms with van der Waals surface area (Å²) in [7, 11) is 0. The Bertz CT molecular complexity index is 310. The molecule has 0 aliphatic rings. The van der Waals surface area contributed by atoms with E-state index in [4.69, 9.17) is 34.8 Å². The molecule has 12 heavy (non-hydrogen) atoms. The van der Waals surface area contributed by atoms with Gasteiger partial charge in [-0.05, 0) is 13.0 Å². The van der Waals surface area contributed by atoms with E-state index in [1.165, 1.54) is 0 Å². The van der Waals surface area contributed by atoms with Crippen LogP contribution < -0.4 is 0 Å². The SMILES string of the molecule is C=C(Cl)c1c(Cl)cc(C)nc1Cl. The van der Waals surface area contributed by atoms with Gasteiger partial charge in [-0.25, -0.2) is 4.98 Å². The van der Waals surface area contributed by atoms with Crippen molar-refractivity contribution in [2.24, 2.45) is 0 Å². The topological polar surface area (TPSA) is 12.9 Å². The Kier molecular flexibility index (Phi) is 2.99. The second-order valence-corrected chi connectivity index (χ2v) is 3.54. The van der Waals surface area contributed by atoms with Crippen LogP contribution in [0.5, 0.6) is 0 Å². The lowest BCUT2D eigenvalue weighted by Gasteiger charge is -2.04. The van der Waals surface area contributed by atoms with Gasteiger partial charge in [-0.3, -0.25) is 0 Å². The van der Waals surface area contributed by atoms with Crippen molar-refractivity contribution in [3.8, 4) is 0 Å². The highest BCUT2D eigenvalue weighted by Gasteiger charge is 2.09. The van der Waals surface area contributed by atoms with Crippen LogP contribution in [0.1, 0.15) is 11.3 Å². The maximum atomic E-state index is 5.86. The summed E-state index contributed by atoms with van der Waals surface area (Å²) in [5.74, 6) is 0. The van der Waals surface area contributed by atoms with Crippen molar-refractivity contribution >= 4 is 39.8 Å². The Morgan fingerprint density at radius 3 is 2.50 bits per heavy atom. The lowest BCUT2D eigenvalue weighted by molar-refractivity contribution is 1.19. The maximum Gasteiger partial charge on any atom is 0.139 e. The summed E-state index contributed by atoms with van der Waals surface area (Å²) in [6.07, 6.45) is 0. The molecule has 0 fully saturated rings. The molecule has 0 bridgehead atoms. The van der Waals surface area contributed by atoms with Crippen molar-refractivity contribution in [2.75, 3.05) is 0 Å². The highest BCUT2D eigenvalue weighted by molar-refractivity contribution is 6.52. The molecular formula is C8H6Cl3N. The number of hydrogen-bond donors (Lipinski definition) is 0. The first-order valence-electron chi connectivity index (χ1n) is 3.20. The van der Waals surface area contributed by atoms with Gasteiger partial charge in [0.2, 0.25) is 0 Å². The molecule has 0 saturated carbocycles. The normalized spacial score (nSPS) is 10.0. The van der Waals surface area contributed by atoms with Crippen LogP contribution in [-0.4, -0.2) is 4.98 Å². The number of pyridine rings is 1. The predicted molar refractivity (Wildman–Crippen MR) is 53.9 cm³/mol. The zero-order chi connectivity index (χ0) is 9.30. The van der Waals surface area contributed by atoms with Gasteiger partial charge in [0.25, 0.3) is 0 Å². The number of nitrogens with zero attached hydrogens (tertiary/aromatic N) is 1. The Labute approximate surface area is 86.0 Å². The average Bonchev–Trinajstić information content (AvgIpc) is 1.82. The average molecular weight is 223 g/mol. The molecule has 1 heterocycles. The minimum absolute atomic E-state index is 0.292. The van der Waals surface area contributed by atoms with E-state index in [0.717, 1.165) is 5.69 Å². The molecule has 0 amide bonds. The standard InChI is InChI=1S/C8H6Cl3N/c1-4-3-6(10)7(5(2)9)8(11)12-4/h3H,2H2,1H3. The summed E-state index contributed by atoms with van der Waals surface area (Å²) in [6.45, 7) is 5.34. The maximum absolute atomic E-state index is 5.86. The Morgan fingerprint density at radius 1 is 1.50 bits per heavy atom. The molecule has 0 aliphatic heterocycles. The van der Waals surface area contributed by atoms with Gasteiger partial charge in [-0.1, -0.05) is 41.4 Å². The lowest BCUT2D eigenvalue weighted by atomic mass is 10.2. The molecule has 0 radical (unpaired) electrons. The number of rotatable bonds is 1. The molecule has 0 atom stereocenters. The monoisotopic (exact) mass is 221 g/mol. The van der Waals surface area contributed by atoms with Crippen LogP contribution in [0.3, 0.4) is 0 Å². The van der Waals surface area contributed by atoms with E-state index >= 15 is 0 Å². The third-order valence-corrected chi connectivity index (χ3v) is 2.09. The van der Waals surface area contributed by atoms with Gasteiger partial charge < -0.3 is 0 Å². The third-order valence-electron chi connectivity index (χ3n) is 1.33. The first-order chi connectivity index (χ1) is 5.52. The van der Waals surface area contributed by atoms with Crippen LogP contribution in [0.15, 0.2) is 12.6 Å². The first-order valence-corrected chi connectivity index (χ1v) is 4.33. The van der Waals surface area contributed by atoms with E-state index in [-0.39, 0.29) is 0 Å². The molecule has 1 nitrogen and oxygen atoms in total. The van der Waals surface area contributed by atoms with Crippen molar-refractivity contribution < 1.29 is 0 Å². The van der Waals surface area contributed by atoms with Gasteiger partial charge >= 0.3 is 0 Å². The summed E-state index contributed by atoms with van der Waals surface area (Å²) in [5, 5.41) is 1.07. The van der Waals surface area contributed by atoms with Gasteiger partial charge in [-0.2, -0.15) is 0 Å². The number of hydrogen-bond acceptors (Lipinski definition) is 1. The molecule has 0 unspecified atom stereocenters. The highest BCUT2D eigenvalue weighted by atomic mass is 35.5. The Morgan fingerprint density at radius 2 is 2.08 bits per heavy atom. The van der Waals surface area contributed by atoms with E-state index in [1.54, 1.807) is 13.0 Å². The Balaban J connectivity index is 3.38. The van der Waals surface area contributed by atoms with E-state index in [2.05, 4.69) is 11.6 Å². The molecule has 1 aromatic heterocycles. The third kappa shape index (κ3) is 1.92. The summed E-state index contributed by atoms with van der Waals surface area (Å²) >= 11 is 17.3. The quantitative estimate of drug-likeness (QED) is 0.657. The molecule has 1 aromatic rings. The van der Waals surface area contributed by atoms with Crippen molar-refractivity contribution in [1.82, 2.24) is 4.98 Å².